The Morgan fingerprint density at radius 3 is 2.90 bits per heavy atom. The van der Waals surface area contributed by atoms with Gasteiger partial charge < -0.3 is 9.30 Å². The number of ether oxygens (including phenoxy) is 1. The normalized spacial score (nSPS) is 10.9. The summed E-state index contributed by atoms with van der Waals surface area (Å²) in [4.78, 5) is 4.36. The smallest absolute Gasteiger partial charge is 0.135 e. The van der Waals surface area contributed by atoms with Crippen LogP contribution in [-0.2, 0) is 6.54 Å². The predicted molar refractivity (Wildman–Crippen MR) is 79.5 cm³/mol. The number of nitrogens with zero attached hydrogens (tertiary/aromatic N) is 2. The van der Waals surface area contributed by atoms with Crippen LogP contribution in [0.1, 0.15) is 5.56 Å². The van der Waals surface area contributed by atoms with Gasteiger partial charge in [-0.2, -0.15) is 0 Å². The van der Waals surface area contributed by atoms with Gasteiger partial charge in [0.2, 0.25) is 0 Å². The number of imidazole rings is 1. The van der Waals surface area contributed by atoms with Gasteiger partial charge in [0.15, 0.2) is 0 Å². The molecule has 102 valence electrons. The third-order valence-corrected chi connectivity index (χ3v) is 3.76. The van der Waals surface area contributed by atoms with Gasteiger partial charge in [-0.15, -0.1) is 0 Å². The molecule has 0 radical (unpaired) electrons. The summed E-state index contributed by atoms with van der Waals surface area (Å²) in [5, 5.41) is 0. The Kier molecular flexibility index (Phi) is 3.44. The first kappa shape index (κ1) is 13.1. The second-order valence-corrected chi connectivity index (χ2v) is 5.33. The number of hydrogen-bond donors (Lipinski definition) is 0. The summed E-state index contributed by atoms with van der Waals surface area (Å²) in [5.41, 5.74) is 2.72. The van der Waals surface area contributed by atoms with E-state index in [1.165, 1.54) is 12.1 Å². The summed E-state index contributed by atoms with van der Waals surface area (Å²) >= 11 is 3.47. The molecule has 0 atom stereocenters. The van der Waals surface area contributed by atoms with Crippen LogP contribution in [0.25, 0.3) is 11.0 Å². The maximum Gasteiger partial charge on any atom is 0.135 e. The largest absolute Gasteiger partial charge is 0.495 e. The monoisotopic (exact) mass is 334 g/mol. The van der Waals surface area contributed by atoms with Crippen LogP contribution in [0.15, 0.2) is 47.2 Å². The van der Waals surface area contributed by atoms with E-state index in [1.54, 1.807) is 19.5 Å². The Bertz CT molecular complexity index is 770. The zero-order chi connectivity index (χ0) is 14.1. The number of halogens is 2. The summed E-state index contributed by atoms with van der Waals surface area (Å²) in [6.45, 7) is 0.576. The van der Waals surface area contributed by atoms with Gasteiger partial charge in [0.05, 0.1) is 28.9 Å². The molecule has 0 bridgehead atoms. The highest BCUT2D eigenvalue weighted by Crippen LogP contribution is 2.29. The topological polar surface area (TPSA) is 27.1 Å². The Morgan fingerprint density at radius 2 is 2.15 bits per heavy atom. The van der Waals surface area contributed by atoms with Crippen LogP contribution in [-0.4, -0.2) is 16.7 Å². The van der Waals surface area contributed by atoms with Crippen LogP contribution in [0.5, 0.6) is 5.75 Å². The van der Waals surface area contributed by atoms with Crippen molar-refractivity contribution in [3.05, 3.63) is 58.6 Å². The molecule has 0 saturated heterocycles. The fraction of sp³-hybridized carbons (Fsp3) is 0.133. The predicted octanol–water partition coefficient (Wildman–Crippen LogP) is 3.99. The first-order valence-electron chi connectivity index (χ1n) is 6.10. The summed E-state index contributed by atoms with van der Waals surface area (Å²) in [6.07, 6.45) is 1.75. The quantitative estimate of drug-likeness (QED) is 0.724. The van der Waals surface area contributed by atoms with Crippen molar-refractivity contribution in [2.24, 2.45) is 0 Å². The van der Waals surface area contributed by atoms with E-state index >= 15 is 0 Å². The van der Waals surface area contributed by atoms with Crippen molar-refractivity contribution in [3.63, 3.8) is 0 Å². The number of rotatable bonds is 3. The van der Waals surface area contributed by atoms with E-state index in [2.05, 4.69) is 20.9 Å². The molecule has 0 N–H and O–H groups in total. The minimum atomic E-state index is -0.227. The molecule has 5 heteroatoms. The molecule has 20 heavy (non-hydrogen) atoms. The lowest BCUT2D eigenvalue weighted by Gasteiger charge is -2.07. The molecule has 0 unspecified atom stereocenters. The second-order valence-electron chi connectivity index (χ2n) is 4.48. The molecule has 3 nitrogen and oxygen atoms in total. The fourth-order valence-corrected chi connectivity index (χ4v) is 2.67. The van der Waals surface area contributed by atoms with E-state index in [0.717, 1.165) is 26.8 Å². The first-order chi connectivity index (χ1) is 9.67. The summed E-state index contributed by atoms with van der Waals surface area (Å²) in [5.74, 6) is 0.517. The minimum Gasteiger partial charge on any atom is -0.495 e. The zero-order valence-corrected chi connectivity index (χ0v) is 12.4. The van der Waals surface area contributed by atoms with Gasteiger partial charge in [-0.3, -0.25) is 0 Å². The molecule has 1 aromatic heterocycles. The number of benzene rings is 2. The van der Waals surface area contributed by atoms with E-state index in [0.29, 0.717) is 6.54 Å². The molecule has 0 fully saturated rings. The number of fused-ring (bicyclic) bond motifs is 1. The summed E-state index contributed by atoms with van der Waals surface area (Å²) in [7, 11) is 1.62. The van der Waals surface area contributed by atoms with E-state index < -0.39 is 0 Å². The third-order valence-electron chi connectivity index (χ3n) is 3.14. The summed E-state index contributed by atoms with van der Waals surface area (Å²) < 4.78 is 21.3. The van der Waals surface area contributed by atoms with Crippen molar-refractivity contribution in [3.8, 4) is 5.75 Å². The molecule has 0 spiro atoms. The molecule has 0 amide bonds. The highest BCUT2D eigenvalue weighted by molar-refractivity contribution is 9.10. The molecule has 2 aromatic carbocycles. The first-order valence-corrected chi connectivity index (χ1v) is 6.89. The van der Waals surface area contributed by atoms with E-state index in [4.69, 9.17) is 4.74 Å². The van der Waals surface area contributed by atoms with Gasteiger partial charge in [-0.1, -0.05) is 12.1 Å². The van der Waals surface area contributed by atoms with Gasteiger partial charge in [0.25, 0.3) is 0 Å². The van der Waals surface area contributed by atoms with Gasteiger partial charge in [-0.25, -0.2) is 9.37 Å². The van der Waals surface area contributed by atoms with E-state index in [9.17, 15) is 4.39 Å². The van der Waals surface area contributed by atoms with Crippen LogP contribution in [0.2, 0.25) is 0 Å². The lowest BCUT2D eigenvalue weighted by Crippen LogP contribution is -1.98. The number of methoxy groups -OCH3 is 1. The molecule has 0 aliphatic rings. The maximum atomic E-state index is 13.2. The van der Waals surface area contributed by atoms with E-state index in [1.807, 2.05) is 22.8 Å². The van der Waals surface area contributed by atoms with Crippen LogP contribution >= 0.6 is 15.9 Å². The molecule has 0 aliphatic carbocycles. The fourth-order valence-electron chi connectivity index (χ4n) is 2.17. The number of hydrogen-bond acceptors (Lipinski definition) is 2. The third kappa shape index (κ3) is 2.41. The van der Waals surface area contributed by atoms with Crippen molar-refractivity contribution >= 4 is 27.0 Å². The Balaban J connectivity index is 2.02. The van der Waals surface area contributed by atoms with Crippen LogP contribution in [0.3, 0.4) is 0 Å². The Hall–Kier alpha value is -1.88. The maximum absolute atomic E-state index is 13.2. The average molecular weight is 335 g/mol. The van der Waals surface area contributed by atoms with Crippen molar-refractivity contribution < 1.29 is 9.13 Å². The molecule has 3 aromatic rings. The van der Waals surface area contributed by atoms with Crippen molar-refractivity contribution in [1.82, 2.24) is 9.55 Å². The molecule has 0 aliphatic heterocycles. The van der Waals surface area contributed by atoms with Gasteiger partial charge in [-0.05, 0) is 39.7 Å². The van der Waals surface area contributed by atoms with Crippen molar-refractivity contribution in [1.29, 1.82) is 0 Å². The van der Waals surface area contributed by atoms with Gasteiger partial charge in [0.1, 0.15) is 11.6 Å². The van der Waals surface area contributed by atoms with Crippen molar-refractivity contribution in [2.75, 3.05) is 7.11 Å². The highest BCUT2D eigenvalue weighted by Gasteiger charge is 2.08. The summed E-state index contributed by atoms with van der Waals surface area (Å²) in [6, 6.07) is 10.4. The SMILES string of the molecule is COc1cc2ncn(Cc3cccc(F)c3)c2cc1Br. The van der Waals surface area contributed by atoms with Crippen molar-refractivity contribution in [2.45, 2.75) is 6.54 Å². The molecular weight excluding hydrogens is 323 g/mol. The lowest BCUT2D eigenvalue weighted by atomic mass is 10.2. The zero-order valence-electron chi connectivity index (χ0n) is 10.8. The Labute approximate surface area is 124 Å². The number of aromatic nitrogens is 2. The molecule has 1 heterocycles. The molecule has 3 rings (SSSR count). The average Bonchev–Trinajstić information content (AvgIpc) is 2.80. The molecular formula is C15H12BrFN2O. The van der Waals surface area contributed by atoms with Crippen LogP contribution < -0.4 is 4.74 Å². The molecule has 0 saturated carbocycles. The van der Waals surface area contributed by atoms with Gasteiger partial charge >= 0.3 is 0 Å². The van der Waals surface area contributed by atoms with E-state index in [-0.39, 0.29) is 5.82 Å². The van der Waals surface area contributed by atoms with Gasteiger partial charge in [0, 0.05) is 12.6 Å². The highest BCUT2D eigenvalue weighted by atomic mass is 79.9. The van der Waals surface area contributed by atoms with Crippen LogP contribution in [0, 0.1) is 5.82 Å². The second kappa shape index (κ2) is 5.25. The van der Waals surface area contributed by atoms with Crippen LogP contribution in [0.4, 0.5) is 4.39 Å². The lowest BCUT2D eigenvalue weighted by molar-refractivity contribution is 0.412. The minimum absolute atomic E-state index is 0.227. The Morgan fingerprint density at radius 1 is 1.30 bits per heavy atom. The standard InChI is InChI=1S/C15H12BrFN2O/c1-20-15-7-13-14(6-12(15)16)19(9-18-13)8-10-3-2-4-11(17)5-10/h2-7,9H,8H2,1H3.